The van der Waals surface area contributed by atoms with Crippen LogP contribution < -0.4 is 4.74 Å². The van der Waals surface area contributed by atoms with Gasteiger partial charge < -0.3 is 19.7 Å². The van der Waals surface area contributed by atoms with Crippen molar-refractivity contribution in [1.29, 1.82) is 0 Å². The fourth-order valence-corrected chi connectivity index (χ4v) is 4.06. The van der Waals surface area contributed by atoms with Crippen LogP contribution in [0.5, 0.6) is 5.75 Å². The number of benzene rings is 2. The number of aliphatic hydroxyl groups is 2. The first-order valence-corrected chi connectivity index (χ1v) is 9.86. The molecule has 3 atom stereocenters. The molecule has 144 valence electrons. The zero-order valence-electron chi connectivity index (χ0n) is 15.8. The molecule has 4 nitrogen and oxygen atoms in total. The third kappa shape index (κ3) is 4.34. The quantitative estimate of drug-likeness (QED) is 0.816. The summed E-state index contributed by atoms with van der Waals surface area (Å²) in [5.74, 6) is 1.55. The van der Waals surface area contributed by atoms with Crippen molar-refractivity contribution in [2.24, 2.45) is 0 Å². The molecule has 0 radical (unpaired) electrons. The summed E-state index contributed by atoms with van der Waals surface area (Å²) in [7, 11) is 1.68. The second-order valence-electron chi connectivity index (χ2n) is 7.81. The predicted molar refractivity (Wildman–Crippen MR) is 104 cm³/mol. The molecule has 1 saturated heterocycles. The Hall–Kier alpha value is -1.88. The smallest absolute Gasteiger partial charge is 0.118 e. The molecule has 1 saturated carbocycles. The maximum atomic E-state index is 10.1. The Labute approximate surface area is 160 Å². The van der Waals surface area contributed by atoms with E-state index in [9.17, 15) is 10.2 Å². The summed E-state index contributed by atoms with van der Waals surface area (Å²) in [5.41, 5.74) is 5.13. The van der Waals surface area contributed by atoms with E-state index in [0.29, 0.717) is 18.8 Å². The molecule has 0 bridgehead atoms. The van der Waals surface area contributed by atoms with E-state index in [0.717, 1.165) is 17.7 Å². The maximum absolute atomic E-state index is 10.1. The van der Waals surface area contributed by atoms with Crippen LogP contribution in [0.2, 0.25) is 0 Å². The number of rotatable bonds is 6. The van der Waals surface area contributed by atoms with Crippen LogP contribution in [0.15, 0.2) is 42.5 Å². The van der Waals surface area contributed by atoms with E-state index in [2.05, 4.69) is 30.3 Å². The van der Waals surface area contributed by atoms with Crippen LogP contribution in [0, 0.1) is 0 Å². The lowest BCUT2D eigenvalue weighted by Crippen LogP contribution is -2.33. The van der Waals surface area contributed by atoms with Crippen molar-refractivity contribution in [3.05, 3.63) is 64.7 Å². The lowest BCUT2D eigenvalue weighted by Gasteiger charge is -2.33. The number of methoxy groups -OCH3 is 1. The molecule has 2 aromatic rings. The predicted octanol–water partition coefficient (Wildman–Crippen LogP) is 3.74. The molecule has 0 unspecified atom stereocenters. The van der Waals surface area contributed by atoms with Gasteiger partial charge in [-0.3, -0.25) is 0 Å². The summed E-state index contributed by atoms with van der Waals surface area (Å²) in [4.78, 5) is 0. The molecule has 2 aliphatic rings. The Bertz CT molecular complexity index is 766. The minimum atomic E-state index is -0.422. The molecule has 0 aromatic heterocycles. The summed E-state index contributed by atoms with van der Waals surface area (Å²) in [6, 6.07) is 14.9. The van der Waals surface area contributed by atoms with Crippen molar-refractivity contribution < 1.29 is 19.7 Å². The van der Waals surface area contributed by atoms with Gasteiger partial charge in [0.2, 0.25) is 0 Å². The van der Waals surface area contributed by atoms with E-state index in [1.165, 1.54) is 29.5 Å². The number of aliphatic hydroxyl groups excluding tert-OH is 2. The van der Waals surface area contributed by atoms with Gasteiger partial charge in [0.25, 0.3) is 0 Å². The van der Waals surface area contributed by atoms with Gasteiger partial charge in [-0.05, 0) is 59.6 Å². The van der Waals surface area contributed by atoms with Crippen molar-refractivity contribution >= 4 is 0 Å². The van der Waals surface area contributed by atoms with Crippen LogP contribution in [-0.2, 0) is 11.2 Å². The molecule has 1 aliphatic heterocycles. The molecule has 0 spiro atoms. The van der Waals surface area contributed by atoms with Crippen LogP contribution in [-0.4, -0.2) is 36.1 Å². The van der Waals surface area contributed by atoms with E-state index in [-0.39, 0.29) is 18.8 Å². The van der Waals surface area contributed by atoms with Crippen molar-refractivity contribution in [1.82, 2.24) is 0 Å². The van der Waals surface area contributed by atoms with Crippen LogP contribution >= 0.6 is 0 Å². The normalized spacial score (nSPS) is 25.4. The second kappa shape index (κ2) is 8.01. The van der Waals surface area contributed by atoms with E-state index in [1.54, 1.807) is 7.11 Å². The van der Waals surface area contributed by atoms with Crippen molar-refractivity contribution in [2.45, 2.75) is 56.3 Å². The molecule has 1 aliphatic carbocycles. The van der Waals surface area contributed by atoms with Gasteiger partial charge in [-0.15, -0.1) is 0 Å². The first-order valence-electron chi connectivity index (χ1n) is 9.86. The largest absolute Gasteiger partial charge is 0.497 e. The van der Waals surface area contributed by atoms with Crippen LogP contribution in [0.3, 0.4) is 0 Å². The van der Waals surface area contributed by atoms with Crippen molar-refractivity contribution in [3.63, 3.8) is 0 Å². The van der Waals surface area contributed by atoms with Gasteiger partial charge in [-0.1, -0.05) is 30.3 Å². The third-order valence-corrected chi connectivity index (χ3v) is 5.69. The zero-order valence-corrected chi connectivity index (χ0v) is 15.8. The Kier molecular flexibility index (Phi) is 5.48. The van der Waals surface area contributed by atoms with Crippen LogP contribution in [0.1, 0.15) is 60.0 Å². The van der Waals surface area contributed by atoms with Gasteiger partial charge in [0.05, 0.1) is 32.0 Å². The fourth-order valence-electron chi connectivity index (χ4n) is 4.06. The average molecular weight is 368 g/mol. The molecule has 4 heteroatoms. The fraction of sp³-hybridized carbons (Fsp3) is 0.478. The summed E-state index contributed by atoms with van der Waals surface area (Å²) in [5, 5.41) is 19.6. The van der Waals surface area contributed by atoms with E-state index in [1.807, 2.05) is 12.1 Å². The number of hydrogen-bond acceptors (Lipinski definition) is 4. The number of ether oxygens (including phenoxy) is 2. The lowest BCUT2D eigenvalue weighted by atomic mass is 9.90. The Morgan fingerprint density at radius 3 is 2.52 bits per heavy atom. The van der Waals surface area contributed by atoms with Gasteiger partial charge >= 0.3 is 0 Å². The third-order valence-electron chi connectivity index (χ3n) is 5.69. The van der Waals surface area contributed by atoms with E-state index < -0.39 is 6.10 Å². The van der Waals surface area contributed by atoms with Crippen molar-refractivity contribution in [3.8, 4) is 5.75 Å². The van der Waals surface area contributed by atoms with Gasteiger partial charge in [0, 0.05) is 12.8 Å². The summed E-state index contributed by atoms with van der Waals surface area (Å²) in [6.07, 6.45) is 3.63. The lowest BCUT2D eigenvalue weighted by molar-refractivity contribution is -0.113. The van der Waals surface area contributed by atoms with Gasteiger partial charge in [0.15, 0.2) is 0 Å². The molecular formula is C23H28O4. The van der Waals surface area contributed by atoms with Gasteiger partial charge in [-0.25, -0.2) is 0 Å². The first kappa shape index (κ1) is 18.5. The summed E-state index contributed by atoms with van der Waals surface area (Å²) in [6.45, 7) is -0.0492. The van der Waals surface area contributed by atoms with Gasteiger partial charge in [-0.2, -0.15) is 0 Å². The van der Waals surface area contributed by atoms with Crippen molar-refractivity contribution in [2.75, 3.05) is 13.7 Å². The molecule has 2 fully saturated rings. The van der Waals surface area contributed by atoms with Gasteiger partial charge in [0.1, 0.15) is 5.75 Å². The monoisotopic (exact) mass is 368 g/mol. The highest BCUT2D eigenvalue weighted by molar-refractivity contribution is 5.41. The topological polar surface area (TPSA) is 58.9 Å². The van der Waals surface area contributed by atoms with E-state index in [4.69, 9.17) is 9.47 Å². The number of hydrogen-bond donors (Lipinski definition) is 2. The summed E-state index contributed by atoms with van der Waals surface area (Å²) >= 11 is 0. The zero-order chi connectivity index (χ0) is 18.8. The second-order valence-corrected chi connectivity index (χ2v) is 7.81. The minimum absolute atomic E-state index is 0.0492. The molecular weight excluding hydrogens is 340 g/mol. The molecule has 2 aromatic carbocycles. The molecule has 0 amide bonds. The molecule has 27 heavy (non-hydrogen) atoms. The highest BCUT2D eigenvalue weighted by Gasteiger charge is 2.31. The minimum Gasteiger partial charge on any atom is -0.497 e. The Balaban J connectivity index is 1.60. The molecule has 1 heterocycles. The molecule has 2 N–H and O–H groups in total. The molecule has 4 rings (SSSR count). The average Bonchev–Trinajstić information content (AvgIpc) is 3.53. The SMILES string of the molecule is COc1ccc(Cc2cc([C@H]3C[C@@H](O)C[C@@H](CO)O3)ccc2C2CC2)cc1. The van der Waals surface area contributed by atoms with E-state index >= 15 is 0 Å². The highest BCUT2D eigenvalue weighted by atomic mass is 16.5. The standard InChI is InChI=1S/C23H28O4/c1-26-20-7-2-15(3-8-20)10-18-11-17(6-9-22(18)16-4-5-16)23-13-19(25)12-21(14-24)27-23/h2-3,6-9,11,16,19,21,23-25H,4-5,10,12-14H2,1H3/t19-,21-,23+/m0/s1. The van der Waals surface area contributed by atoms with Crippen LogP contribution in [0.25, 0.3) is 0 Å². The summed E-state index contributed by atoms with van der Waals surface area (Å²) < 4.78 is 11.3. The maximum Gasteiger partial charge on any atom is 0.118 e. The first-order chi connectivity index (χ1) is 13.2. The van der Waals surface area contributed by atoms with Crippen LogP contribution in [0.4, 0.5) is 0 Å². The highest BCUT2D eigenvalue weighted by Crippen LogP contribution is 2.43. The Morgan fingerprint density at radius 1 is 1.07 bits per heavy atom. The Morgan fingerprint density at radius 2 is 1.85 bits per heavy atom.